The van der Waals surface area contributed by atoms with Gasteiger partial charge in [-0.15, -0.1) is 0 Å². The molecule has 1 unspecified atom stereocenters. The van der Waals surface area contributed by atoms with Crippen LogP contribution in [-0.2, 0) is 6.54 Å². The van der Waals surface area contributed by atoms with Crippen molar-refractivity contribution in [3.63, 3.8) is 0 Å². The first-order valence-electron chi connectivity index (χ1n) is 6.41. The number of pyridine rings is 1. The van der Waals surface area contributed by atoms with Crippen LogP contribution in [0.2, 0.25) is 0 Å². The first-order valence-corrected chi connectivity index (χ1v) is 6.41. The van der Waals surface area contributed by atoms with Gasteiger partial charge in [-0.2, -0.15) is 0 Å². The lowest BCUT2D eigenvalue weighted by molar-refractivity contribution is 0.449. The van der Waals surface area contributed by atoms with Gasteiger partial charge in [0.15, 0.2) is 0 Å². The average molecular weight is 220 g/mol. The van der Waals surface area contributed by atoms with Gasteiger partial charge in [-0.3, -0.25) is 4.98 Å². The summed E-state index contributed by atoms with van der Waals surface area (Å²) in [5.74, 6) is 0. The second kappa shape index (κ2) is 7.39. The van der Waals surface area contributed by atoms with Crippen molar-refractivity contribution in [3.8, 4) is 0 Å². The molecule has 0 saturated heterocycles. The molecule has 2 nitrogen and oxygen atoms in total. The third kappa shape index (κ3) is 4.31. The zero-order chi connectivity index (χ0) is 11.8. The smallest absolute Gasteiger partial charge is 0.0570 e. The lowest BCUT2D eigenvalue weighted by Crippen LogP contribution is -2.28. The largest absolute Gasteiger partial charge is 0.308 e. The topological polar surface area (TPSA) is 24.9 Å². The second-order valence-corrected chi connectivity index (χ2v) is 4.40. The Morgan fingerprint density at radius 3 is 2.81 bits per heavy atom. The highest BCUT2D eigenvalue weighted by molar-refractivity contribution is 5.17. The summed E-state index contributed by atoms with van der Waals surface area (Å²) in [6.45, 7) is 7.51. The quantitative estimate of drug-likeness (QED) is 0.761. The van der Waals surface area contributed by atoms with Gasteiger partial charge in [-0.1, -0.05) is 32.8 Å². The Morgan fingerprint density at radius 2 is 2.19 bits per heavy atom. The van der Waals surface area contributed by atoms with E-state index in [1.54, 1.807) is 0 Å². The van der Waals surface area contributed by atoms with Gasteiger partial charge in [0, 0.05) is 18.8 Å². The first kappa shape index (κ1) is 13.2. The highest BCUT2D eigenvalue weighted by atomic mass is 14.9. The standard InChI is InChI=1S/C14H24N2/c1-4-6-9-13(5-2)16-11-14-12(3)8-7-10-15-14/h7-8,10,13,16H,4-6,9,11H2,1-3H3. The van der Waals surface area contributed by atoms with Crippen LogP contribution >= 0.6 is 0 Å². The number of rotatable bonds is 7. The molecule has 0 bridgehead atoms. The Labute approximate surface area is 99.5 Å². The number of aromatic nitrogens is 1. The summed E-state index contributed by atoms with van der Waals surface area (Å²) in [5, 5.41) is 3.60. The predicted octanol–water partition coefficient (Wildman–Crippen LogP) is 3.45. The molecule has 1 aromatic heterocycles. The normalized spacial score (nSPS) is 12.7. The molecule has 0 radical (unpaired) electrons. The fraction of sp³-hybridized carbons (Fsp3) is 0.643. The molecule has 0 spiro atoms. The van der Waals surface area contributed by atoms with E-state index in [1.165, 1.54) is 36.9 Å². The van der Waals surface area contributed by atoms with E-state index in [0.717, 1.165) is 6.54 Å². The van der Waals surface area contributed by atoms with Gasteiger partial charge in [0.25, 0.3) is 0 Å². The minimum absolute atomic E-state index is 0.640. The van der Waals surface area contributed by atoms with Crippen molar-refractivity contribution in [1.82, 2.24) is 10.3 Å². The van der Waals surface area contributed by atoms with Crippen molar-refractivity contribution in [2.75, 3.05) is 0 Å². The van der Waals surface area contributed by atoms with E-state index in [0.29, 0.717) is 6.04 Å². The van der Waals surface area contributed by atoms with Gasteiger partial charge >= 0.3 is 0 Å². The number of nitrogens with zero attached hydrogens (tertiary/aromatic N) is 1. The molecular formula is C14H24N2. The van der Waals surface area contributed by atoms with Gasteiger partial charge in [-0.25, -0.2) is 0 Å². The molecule has 0 aromatic carbocycles. The molecule has 1 heterocycles. The lowest BCUT2D eigenvalue weighted by atomic mass is 10.1. The average Bonchev–Trinajstić information content (AvgIpc) is 2.31. The van der Waals surface area contributed by atoms with Crippen LogP contribution in [0.25, 0.3) is 0 Å². The third-order valence-corrected chi connectivity index (χ3v) is 3.07. The summed E-state index contributed by atoms with van der Waals surface area (Å²) in [5.41, 5.74) is 2.46. The summed E-state index contributed by atoms with van der Waals surface area (Å²) < 4.78 is 0. The molecule has 1 aromatic rings. The van der Waals surface area contributed by atoms with E-state index in [4.69, 9.17) is 0 Å². The maximum Gasteiger partial charge on any atom is 0.0570 e. The van der Waals surface area contributed by atoms with Gasteiger partial charge in [0.1, 0.15) is 0 Å². The van der Waals surface area contributed by atoms with Crippen molar-refractivity contribution in [2.24, 2.45) is 0 Å². The first-order chi connectivity index (χ1) is 7.77. The Bertz CT molecular complexity index is 297. The van der Waals surface area contributed by atoms with Gasteiger partial charge in [0.05, 0.1) is 5.69 Å². The molecule has 2 heteroatoms. The Morgan fingerprint density at radius 1 is 1.38 bits per heavy atom. The number of aryl methyl sites for hydroxylation is 1. The van der Waals surface area contributed by atoms with Crippen molar-refractivity contribution in [1.29, 1.82) is 0 Å². The zero-order valence-electron chi connectivity index (χ0n) is 10.8. The fourth-order valence-corrected chi connectivity index (χ4v) is 1.85. The van der Waals surface area contributed by atoms with E-state index < -0.39 is 0 Å². The minimum atomic E-state index is 0.640. The van der Waals surface area contributed by atoms with Crippen molar-refractivity contribution < 1.29 is 0 Å². The fourth-order valence-electron chi connectivity index (χ4n) is 1.85. The summed E-state index contributed by atoms with van der Waals surface area (Å²) >= 11 is 0. The van der Waals surface area contributed by atoms with Crippen molar-refractivity contribution in [2.45, 2.75) is 59.0 Å². The van der Waals surface area contributed by atoms with Crippen LogP contribution in [0.4, 0.5) is 0 Å². The van der Waals surface area contributed by atoms with Crippen LogP contribution in [0.1, 0.15) is 50.8 Å². The maximum absolute atomic E-state index is 4.40. The van der Waals surface area contributed by atoms with E-state index in [1.807, 2.05) is 12.3 Å². The van der Waals surface area contributed by atoms with Crippen LogP contribution in [0, 0.1) is 6.92 Å². The van der Waals surface area contributed by atoms with Gasteiger partial charge in [0.2, 0.25) is 0 Å². The predicted molar refractivity (Wildman–Crippen MR) is 69.4 cm³/mol. The number of hydrogen-bond acceptors (Lipinski definition) is 2. The molecule has 0 aliphatic heterocycles. The van der Waals surface area contributed by atoms with E-state index >= 15 is 0 Å². The van der Waals surface area contributed by atoms with E-state index in [9.17, 15) is 0 Å². The molecule has 1 N–H and O–H groups in total. The summed E-state index contributed by atoms with van der Waals surface area (Å²) in [6, 6.07) is 4.76. The molecule has 1 rings (SSSR count). The van der Waals surface area contributed by atoms with Gasteiger partial charge in [-0.05, 0) is 31.4 Å². The molecule has 0 saturated carbocycles. The highest BCUT2D eigenvalue weighted by Crippen LogP contribution is 2.07. The van der Waals surface area contributed by atoms with Crippen LogP contribution in [0.3, 0.4) is 0 Å². The van der Waals surface area contributed by atoms with Gasteiger partial charge < -0.3 is 5.32 Å². The molecule has 1 atom stereocenters. The highest BCUT2D eigenvalue weighted by Gasteiger charge is 2.06. The molecular weight excluding hydrogens is 196 g/mol. The van der Waals surface area contributed by atoms with Crippen LogP contribution in [0.5, 0.6) is 0 Å². The number of unbranched alkanes of at least 4 members (excludes halogenated alkanes) is 1. The summed E-state index contributed by atoms with van der Waals surface area (Å²) in [7, 11) is 0. The summed E-state index contributed by atoms with van der Waals surface area (Å²) in [4.78, 5) is 4.40. The van der Waals surface area contributed by atoms with Crippen LogP contribution in [-0.4, -0.2) is 11.0 Å². The minimum Gasteiger partial charge on any atom is -0.308 e. The van der Waals surface area contributed by atoms with Crippen LogP contribution in [0.15, 0.2) is 18.3 Å². The molecule has 0 amide bonds. The lowest BCUT2D eigenvalue weighted by Gasteiger charge is -2.16. The van der Waals surface area contributed by atoms with Crippen molar-refractivity contribution in [3.05, 3.63) is 29.6 Å². The Balaban J connectivity index is 2.40. The third-order valence-electron chi connectivity index (χ3n) is 3.07. The van der Waals surface area contributed by atoms with Crippen LogP contribution < -0.4 is 5.32 Å². The molecule has 0 aliphatic rings. The molecule has 16 heavy (non-hydrogen) atoms. The monoisotopic (exact) mass is 220 g/mol. The Kier molecular flexibility index (Phi) is 6.09. The second-order valence-electron chi connectivity index (χ2n) is 4.40. The Hall–Kier alpha value is -0.890. The summed E-state index contributed by atoms with van der Waals surface area (Å²) in [6.07, 6.45) is 6.94. The van der Waals surface area contributed by atoms with E-state index in [2.05, 4.69) is 37.1 Å². The number of nitrogens with one attached hydrogen (secondary N) is 1. The molecule has 0 aliphatic carbocycles. The van der Waals surface area contributed by atoms with E-state index in [-0.39, 0.29) is 0 Å². The number of hydrogen-bond donors (Lipinski definition) is 1. The maximum atomic E-state index is 4.40. The van der Waals surface area contributed by atoms with Crippen molar-refractivity contribution >= 4 is 0 Å². The SMILES string of the molecule is CCCCC(CC)NCc1ncccc1C. The zero-order valence-corrected chi connectivity index (χ0v) is 10.8. The molecule has 90 valence electrons. The molecule has 0 fully saturated rings.